The van der Waals surface area contributed by atoms with Crippen molar-refractivity contribution in [2.45, 2.75) is 19.4 Å². The lowest BCUT2D eigenvalue weighted by Gasteiger charge is -2.22. The minimum absolute atomic E-state index is 0.279. The number of aromatic nitrogens is 1. The van der Waals surface area contributed by atoms with E-state index in [2.05, 4.69) is 10.1 Å². The highest BCUT2D eigenvalue weighted by Gasteiger charge is 2.37. The molecule has 0 saturated carbocycles. The average Bonchev–Trinajstić information content (AvgIpc) is 3.24. The molecule has 0 amide bonds. The Labute approximate surface area is 156 Å². The molecule has 8 heteroatoms. The van der Waals surface area contributed by atoms with E-state index in [1.807, 2.05) is 31.2 Å². The van der Waals surface area contributed by atoms with Crippen LogP contribution in [0, 0.1) is 6.92 Å². The third-order valence-electron chi connectivity index (χ3n) is 4.41. The summed E-state index contributed by atoms with van der Waals surface area (Å²) >= 11 is 6.44. The molecule has 3 aromatic rings. The van der Waals surface area contributed by atoms with E-state index < -0.39 is 16.1 Å². The molecule has 0 spiro atoms. The van der Waals surface area contributed by atoms with Gasteiger partial charge in [-0.25, -0.2) is 13.4 Å². The van der Waals surface area contributed by atoms with Gasteiger partial charge in [0.15, 0.2) is 0 Å². The Morgan fingerprint density at radius 3 is 2.77 bits per heavy atom. The largest absolute Gasteiger partial charge is 0.463 e. The van der Waals surface area contributed by atoms with Crippen LogP contribution in [-0.2, 0) is 10.0 Å². The van der Waals surface area contributed by atoms with Crippen LogP contribution in [0.2, 0.25) is 5.15 Å². The lowest BCUT2D eigenvalue weighted by molar-refractivity contribution is 0.374. The molecule has 0 fully saturated rings. The maximum Gasteiger partial charge on any atom is 0.247 e. The second kappa shape index (κ2) is 6.10. The van der Waals surface area contributed by atoms with Crippen LogP contribution in [0.4, 0.5) is 0 Å². The predicted octanol–water partition coefficient (Wildman–Crippen LogP) is 3.90. The number of para-hydroxylation sites is 1. The number of fused-ring (bicyclic) bond motifs is 1. The number of furan rings is 1. The van der Waals surface area contributed by atoms with Gasteiger partial charge in [-0.2, -0.15) is 9.52 Å². The van der Waals surface area contributed by atoms with Crippen LogP contribution in [0.25, 0.3) is 10.9 Å². The third-order valence-corrected chi connectivity index (χ3v) is 5.72. The fraction of sp³-hybridized carbons (Fsp3) is 0.222. The van der Waals surface area contributed by atoms with E-state index in [1.165, 1.54) is 6.26 Å². The number of hydrogen-bond donors (Lipinski definition) is 0. The molecule has 1 aliphatic heterocycles. The number of sulfonamides is 1. The monoisotopic (exact) mass is 389 g/mol. The molecule has 3 heterocycles. The molecule has 26 heavy (non-hydrogen) atoms. The summed E-state index contributed by atoms with van der Waals surface area (Å²) in [6, 6.07) is 10.7. The Bertz CT molecular complexity index is 1120. The zero-order valence-electron chi connectivity index (χ0n) is 14.2. The van der Waals surface area contributed by atoms with E-state index in [0.29, 0.717) is 23.5 Å². The van der Waals surface area contributed by atoms with E-state index in [9.17, 15) is 8.42 Å². The normalized spacial score (nSPS) is 17.7. The van der Waals surface area contributed by atoms with Crippen LogP contribution >= 0.6 is 11.6 Å². The summed E-state index contributed by atoms with van der Waals surface area (Å²) in [6.45, 7) is 1.96. The van der Waals surface area contributed by atoms with Crippen molar-refractivity contribution >= 4 is 38.2 Å². The van der Waals surface area contributed by atoms with Crippen molar-refractivity contribution in [1.29, 1.82) is 0 Å². The smallest absolute Gasteiger partial charge is 0.247 e. The number of hydrazone groups is 1. The molecule has 6 nitrogen and oxygen atoms in total. The number of halogens is 1. The number of benzene rings is 1. The molecule has 1 unspecified atom stereocenters. The average molecular weight is 390 g/mol. The summed E-state index contributed by atoms with van der Waals surface area (Å²) in [6.07, 6.45) is 3.02. The Morgan fingerprint density at radius 2 is 2.08 bits per heavy atom. The van der Waals surface area contributed by atoms with Crippen molar-refractivity contribution in [3.05, 3.63) is 64.7 Å². The Morgan fingerprint density at radius 1 is 1.27 bits per heavy atom. The van der Waals surface area contributed by atoms with Gasteiger partial charge in [0.2, 0.25) is 10.0 Å². The van der Waals surface area contributed by atoms with Gasteiger partial charge in [0.05, 0.1) is 24.1 Å². The fourth-order valence-electron chi connectivity index (χ4n) is 3.19. The number of hydrogen-bond acceptors (Lipinski definition) is 5. The lowest BCUT2D eigenvalue weighted by Crippen LogP contribution is -2.26. The highest BCUT2D eigenvalue weighted by Crippen LogP contribution is 2.38. The van der Waals surface area contributed by atoms with Gasteiger partial charge in [0.25, 0.3) is 0 Å². The Kier molecular flexibility index (Phi) is 4.00. The molecule has 1 atom stereocenters. The molecule has 0 bridgehead atoms. The summed E-state index contributed by atoms with van der Waals surface area (Å²) in [5, 5.41) is 5.47. The summed E-state index contributed by atoms with van der Waals surface area (Å²) in [7, 11) is -3.58. The Hall–Kier alpha value is -2.38. The number of rotatable bonds is 3. The van der Waals surface area contributed by atoms with Crippen LogP contribution in [-0.4, -0.2) is 29.8 Å². The van der Waals surface area contributed by atoms with Crippen molar-refractivity contribution in [2.75, 3.05) is 6.26 Å². The van der Waals surface area contributed by atoms with E-state index in [1.54, 1.807) is 12.1 Å². The zero-order valence-corrected chi connectivity index (χ0v) is 15.8. The molecule has 0 N–H and O–H groups in total. The topological polar surface area (TPSA) is 75.8 Å². The van der Waals surface area contributed by atoms with Crippen molar-refractivity contribution in [3.63, 3.8) is 0 Å². The van der Waals surface area contributed by atoms with Crippen LogP contribution in [0.5, 0.6) is 0 Å². The van der Waals surface area contributed by atoms with Gasteiger partial charge in [-0.1, -0.05) is 29.8 Å². The molecule has 2 aromatic heterocycles. The standard InChI is InChI=1S/C18H16ClN3O3S/c1-11-5-3-6-12-9-13(18(19)20-17(11)12)15-10-14(16-7-4-8-25-16)21-22(15)26(2,23)24/h3-9,15H,10H2,1-2H3. The SMILES string of the molecule is Cc1cccc2cc(C3CC(c4ccco4)=NN3S(C)(=O)=O)c(Cl)nc12. The third kappa shape index (κ3) is 2.87. The first-order valence-corrected chi connectivity index (χ1v) is 10.2. The van der Waals surface area contributed by atoms with Gasteiger partial charge in [-0.05, 0) is 30.7 Å². The molecular formula is C18H16ClN3O3S. The molecule has 0 radical (unpaired) electrons. The predicted molar refractivity (Wildman–Crippen MR) is 101 cm³/mol. The molecule has 0 saturated heterocycles. The highest BCUT2D eigenvalue weighted by molar-refractivity contribution is 7.88. The first-order valence-electron chi connectivity index (χ1n) is 8.01. The molecule has 1 aliphatic rings. The van der Waals surface area contributed by atoms with E-state index >= 15 is 0 Å². The van der Waals surface area contributed by atoms with Crippen LogP contribution in [0.3, 0.4) is 0 Å². The zero-order chi connectivity index (χ0) is 18.5. The van der Waals surface area contributed by atoms with Crippen molar-refractivity contribution in [1.82, 2.24) is 9.40 Å². The molecule has 0 aliphatic carbocycles. The summed E-state index contributed by atoms with van der Waals surface area (Å²) in [5.74, 6) is 0.543. The maximum atomic E-state index is 12.3. The van der Waals surface area contributed by atoms with E-state index in [0.717, 1.165) is 27.1 Å². The van der Waals surface area contributed by atoms with Gasteiger partial charge in [-0.15, -0.1) is 0 Å². The second-order valence-corrected chi connectivity index (χ2v) is 8.49. The van der Waals surface area contributed by atoms with Crippen LogP contribution in [0.15, 0.2) is 52.2 Å². The summed E-state index contributed by atoms with van der Waals surface area (Å²) in [5.41, 5.74) is 3.00. The maximum absolute atomic E-state index is 12.3. The summed E-state index contributed by atoms with van der Waals surface area (Å²) in [4.78, 5) is 4.49. The number of nitrogens with zero attached hydrogens (tertiary/aromatic N) is 3. The first-order chi connectivity index (χ1) is 12.3. The van der Waals surface area contributed by atoms with Crippen LogP contribution in [0.1, 0.15) is 29.3 Å². The number of aryl methyl sites for hydroxylation is 1. The number of pyridine rings is 1. The van der Waals surface area contributed by atoms with Gasteiger partial charge < -0.3 is 4.42 Å². The van der Waals surface area contributed by atoms with Gasteiger partial charge in [-0.3, -0.25) is 0 Å². The van der Waals surface area contributed by atoms with Crippen molar-refractivity contribution in [2.24, 2.45) is 5.10 Å². The van der Waals surface area contributed by atoms with Crippen molar-refractivity contribution < 1.29 is 12.8 Å². The van der Waals surface area contributed by atoms with E-state index in [-0.39, 0.29) is 5.15 Å². The molecule has 134 valence electrons. The van der Waals surface area contributed by atoms with Gasteiger partial charge in [0, 0.05) is 17.4 Å². The minimum Gasteiger partial charge on any atom is -0.463 e. The Balaban J connectivity index is 1.84. The fourth-order valence-corrected chi connectivity index (χ4v) is 4.35. The minimum atomic E-state index is -3.58. The molecule has 1 aromatic carbocycles. The van der Waals surface area contributed by atoms with Gasteiger partial charge >= 0.3 is 0 Å². The molecule has 4 rings (SSSR count). The van der Waals surface area contributed by atoms with E-state index in [4.69, 9.17) is 16.0 Å². The lowest BCUT2D eigenvalue weighted by atomic mass is 10.0. The quantitative estimate of drug-likeness (QED) is 0.636. The summed E-state index contributed by atoms with van der Waals surface area (Å²) < 4.78 is 31.0. The van der Waals surface area contributed by atoms with Crippen LogP contribution < -0.4 is 0 Å². The van der Waals surface area contributed by atoms with Crippen molar-refractivity contribution in [3.8, 4) is 0 Å². The second-order valence-electron chi connectivity index (χ2n) is 6.29. The van der Waals surface area contributed by atoms with Gasteiger partial charge in [0.1, 0.15) is 16.6 Å². The molecular weight excluding hydrogens is 374 g/mol. The first kappa shape index (κ1) is 17.1. The highest BCUT2D eigenvalue weighted by atomic mass is 35.5.